The molecule has 256 valence electrons. The number of halogens is 6. The fourth-order valence-corrected chi connectivity index (χ4v) is 5.62. The average molecular weight is 661 g/mol. The lowest BCUT2D eigenvalue weighted by molar-refractivity contribution is -0.376. The summed E-state index contributed by atoms with van der Waals surface area (Å²) >= 11 is 0. The molecule has 0 bridgehead atoms. The summed E-state index contributed by atoms with van der Waals surface area (Å²) < 4.78 is 93.5. The van der Waals surface area contributed by atoms with Gasteiger partial charge in [0.1, 0.15) is 17.0 Å². The van der Waals surface area contributed by atoms with E-state index in [9.17, 15) is 41.0 Å². The Kier molecular flexibility index (Phi) is 12.0. The predicted octanol–water partition coefficient (Wildman–Crippen LogP) is 7.71. The van der Waals surface area contributed by atoms with Crippen molar-refractivity contribution < 1.29 is 50.5 Å². The summed E-state index contributed by atoms with van der Waals surface area (Å²) in [6, 6.07) is 7.91. The van der Waals surface area contributed by atoms with Crippen molar-refractivity contribution in [3.05, 3.63) is 58.7 Å². The van der Waals surface area contributed by atoms with Gasteiger partial charge in [-0.15, -0.1) is 0 Å². The summed E-state index contributed by atoms with van der Waals surface area (Å²) in [5, 5.41) is 12.9. The normalized spacial score (nSPS) is 17.4. The highest BCUT2D eigenvalue weighted by Crippen LogP contribution is 2.51. The van der Waals surface area contributed by atoms with Gasteiger partial charge in [-0.2, -0.15) is 26.3 Å². The number of alkyl halides is 6. The third-order valence-corrected chi connectivity index (χ3v) is 8.07. The Morgan fingerprint density at radius 1 is 0.804 bits per heavy atom. The number of hydrogen-bond donors (Lipinski definition) is 2. The number of aryl methyl sites for hydroxylation is 2. The molecule has 13 heteroatoms. The first-order valence-corrected chi connectivity index (χ1v) is 15.6. The van der Waals surface area contributed by atoms with Crippen LogP contribution in [0.3, 0.4) is 0 Å². The largest absolute Gasteiger partial charge is 0.494 e. The van der Waals surface area contributed by atoms with Crippen LogP contribution in [0.5, 0.6) is 11.5 Å². The Hall–Kier alpha value is -3.48. The maximum Gasteiger partial charge on any atom is 0.430 e. The minimum atomic E-state index is -6.00. The van der Waals surface area contributed by atoms with Crippen LogP contribution in [0, 0.1) is 0 Å². The Bertz CT molecular complexity index is 1300. The number of imide groups is 1. The third kappa shape index (κ3) is 7.39. The smallest absolute Gasteiger partial charge is 0.430 e. The van der Waals surface area contributed by atoms with Gasteiger partial charge in [-0.1, -0.05) is 52.7 Å². The van der Waals surface area contributed by atoms with Gasteiger partial charge in [0.25, 0.3) is 11.5 Å². The van der Waals surface area contributed by atoms with E-state index in [1.54, 1.807) is 45.0 Å². The quantitative estimate of drug-likeness (QED) is 0.109. The zero-order valence-electron chi connectivity index (χ0n) is 26.5. The van der Waals surface area contributed by atoms with Crippen LogP contribution in [0.2, 0.25) is 0 Å². The Balaban J connectivity index is 1.74. The van der Waals surface area contributed by atoms with Crippen molar-refractivity contribution in [1.29, 1.82) is 0 Å². The van der Waals surface area contributed by atoms with E-state index in [2.05, 4.69) is 5.32 Å². The van der Waals surface area contributed by atoms with Crippen molar-refractivity contribution >= 4 is 11.9 Å². The summed E-state index contributed by atoms with van der Waals surface area (Å²) in [5.74, 6) is 0.446. The highest BCUT2D eigenvalue weighted by atomic mass is 19.4. The highest BCUT2D eigenvalue weighted by Gasteiger charge is 2.71. The molecule has 3 rings (SSSR count). The molecular weight excluding hydrogens is 618 g/mol. The molecule has 46 heavy (non-hydrogen) atoms. The van der Waals surface area contributed by atoms with Gasteiger partial charge in [-0.05, 0) is 79.5 Å². The molecule has 1 aliphatic rings. The van der Waals surface area contributed by atoms with E-state index in [-0.39, 0.29) is 42.9 Å². The first-order valence-electron chi connectivity index (χ1n) is 15.6. The number of unbranched alkanes of at least 4 members (excludes halogenated alkanes) is 1. The second-order valence-corrected chi connectivity index (χ2v) is 11.4. The summed E-state index contributed by atoms with van der Waals surface area (Å²) in [6.45, 7) is 7.90. The molecular formula is C33H42F6N2O5. The molecule has 2 N–H and O–H groups in total. The lowest BCUT2D eigenvalue weighted by atomic mass is 9.87. The second-order valence-electron chi connectivity index (χ2n) is 11.4. The van der Waals surface area contributed by atoms with E-state index in [1.165, 1.54) is 0 Å². The predicted molar refractivity (Wildman–Crippen MR) is 160 cm³/mol. The number of carbonyl (C=O) groups excluding carboxylic acids is 2. The maximum absolute atomic E-state index is 13.7. The average Bonchev–Trinajstić information content (AvgIpc) is 3.24. The van der Waals surface area contributed by atoms with Gasteiger partial charge in [0, 0.05) is 12.1 Å². The second kappa shape index (κ2) is 15.0. The molecule has 2 aromatic carbocycles. The SMILES string of the molecule is CCCOc1ccc(C2(CC)NC(=O)N(CCCCOc3c(CCC)cc(C(O)(C(F)(F)F)C(F)(F)F)cc3CCC)C2=O)cc1. The summed E-state index contributed by atoms with van der Waals surface area (Å²) in [7, 11) is 0. The van der Waals surface area contributed by atoms with Crippen LogP contribution < -0.4 is 14.8 Å². The van der Waals surface area contributed by atoms with Crippen LogP contribution >= 0.6 is 0 Å². The van der Waals surface area contributed by atoms with E-state index in [1.807, 2.05) is 6.92 Å². The van der Waals surface area contributed by atoms with Crippen LogP contribution in [0.4, 0.5) is 31.1 Å². The lowest BCUT2D eigenvalue weighted by Gasteiger charge is -2.33. The first-order chi connectivity index (χ1) is 21.6. The molecule has 1 fully saturated rings. The summed E-state index contributed by atoms with van der Waals surface area (Å²) in [5.41, 5.74) is -6.68. The number of aliphatic hydroxyl groups is 1. The molecule has 1 heterocycles. The fraction of sp³-hybridized carbons (Fsp3) is 0.576. The van der Waals surface area contributed by atoms with E-state index in [4.69, 9.17) is 9.47 Å². The molecule has 1 aliphatic heterocycles. The number of urea groups is 1. The van der Waals surface area contributed by atoms with Crippen LogP contribution in [-0.2, 0) is 28.8 Å². The van der Waals surface area contributed by atoms with Crippen LogP contribution in [0.1, 0.15) is 88.5 Å². The molecule has 0 aliphatic carbocycles. The van der Waals surface area contributed by atoms with Crippen LogP contribution in [0.25, 0.3) is 0 Å². The summed E-state index contributed by atoms with van der Waals surface area (Å²) in [6.07, 6.45) is -9.09. The molecule has 3 amide bonds. The van der Waals surface area contributed by atoms with Crippen molar-refractivity contribution in [3.8, 4) is 11.5 Å². The zero-order valence-corrected chi connectivity index (χ0v) is 26.5. The Morgan fingerprint density at radius 2 is 1.37 bits per heavy atom. The Labute approximate surface area is 265 Å². The van der Waals surface area contributed by atoms with E-state index < -0.39 is 41.0 Å². The van der Waals surface area contributed by atoms with E-state index in [0.29, 0.717) is 50.0 Å². The fourth-order valence-electron chi connectivity index (χ4n) is 5.62. The minimum Gasteiger partial charge on any atom is -0.494 e. The topological polar surface area (TPSA) is 88.1 Å². The monoisotopic (exact) mass is 660 g/mol. The van der Waals surface area contributed by atoms with Gasteiger partial charge in [-0.3, -0.25) is 9.69 Å². The molecule has 0 saturated carbocycles. The van der Waals surface area contributed by atoms with Crippen molar-refractivity contribution in [2.24, 2.45) is 0 Å². The molecule has 0 radical (unpaired) electrons. The van der Waals surface area contributed by atoms with E-state index in [0.717, 1.165) is 23.5 Å². The number of benzene rings is 2. The van der Waals surface area contributed by atoms with E-state index >= 15 is 0 Å². The lowest BCUT2D eigenvalue weighted by Crippen LogP contribution is -2.54. The van der Waals surface area contributed by atoms with Gasteiger partial charge >= 0.3 is 18.4 Å². The van der Waals surface area contributed by atoms with Crippen LogP contribution in [0.15, 0.2) is 36.4 Å². The minimum absolute atomic E-state index is 0.0391. The molecule has 1 atom stereocenters. The Morgan fingerprint density at radius 3 is 1.85 bits per heavy atom. The first kappa shape index (κ1) is 37.0. The number of nitrogens with one attached hydrogen (secondary N) is 1. The number of rotatable bonds is 16. The number of nitrogens with zero attached hydrogens (tertiary/aromatic N) is 1. The van der Waals surface area contributed by atoms with Gasteiger partial charge < -0.3 is 19.9 Å². The molecule has 7 nitrogen and oxygen atoms in total. The van der Waals surface area contributed by atoms with Crippen molar-refractivity contribution in [2.75, 3.05) is 19.8 Å². The maximum atomic E-state index is 13.7. The number of ether oxygens (including phenoxy) is 2. The van der Waals surface area contributed by atoms with Crippen molar-refractivity contribution in [1.82, 2.24) is 10.2 Å². The summed E-state index contributed by atoms with van der Waals surface area (Å²) in [4.78, 5) is 27.5. The molecule has 0 aromatic heterocycles. The standard InChI is InChI=1S/C33H42F6N2O5/c1-5-11-22-20-25(31(44,32(34,35)36)33(37,38)39)21-23(12-6-2)27(22)46-19-10-9-17-41-28(42)30(8-4,40-29(41)43)24-13-15-26(16-14-24)45-18-7-3/h13-16,20-21,44H,5-12,17-19H2,1-4H3,(H,40,43). The highest BCUT2D eigenvalue weighted by molar-refractivity contribution is 6.07. The zero-order chi connectivity index (χ0) is 34.3. The molecule has 1 unspecified atom stereocenters. The van der Waals surface area contributed by atoms with Crippen LogP contribution in [-0.4, -0.2) is 54.1 Å². The molecule has 1 saturated heterocycles. The van der Waals surface area contributed by atoms with Gasteiger partial charge in [0.2, 0.25) is 0 Å². The number of amides is 3. The van der Waals surface area contributed by atoms with Crippen molar-refractivity contribution in [3.63, 3.8) is 0 Å². The van der Waals surface area contributed by atoms with Gasteiger partial charge in [0.15, 0.2) is 0 Å². The number of carbonyl (C=O) groups is 2. The third-order valence-electron chi connectivity index (χ3n) is 8.07. The molecule has 0 spiro atoms. The van der Waals surface area contributed by atoms with Gasteiger partial charge in [0.05, 0.1) is 13.2 Å². The van der Waals surface area contributed by atoms with Crippen molar-refractivity contribution in [2.45, 2.75) is 103 Å². The van der Waals surface area contributed by atoms with Gasteiger partial charge in [-0.25, -0.2) is 4.79 Å². The number of hydrogen-bond acceptors (Lipinski definition) is 5. The molecule has 2 aromatic rings.